The number of benzene rings is 3. The molecule has 8 nitrogen and oxygen atoms in total. The highest BCUT2D eigenvalue weighted by Crippen LogP contribution is 2.22. The maximum atomic E-state index is 13.8. The van der Waals surface area contributed by atoms with Gasteiger partial charge in [0, 0.05) is 18.4 Å². The third kappa shape index (κ3) is 7.33. The summed E-state index contributed by atoms with van der Waals surface area (Å²) in [5.74, 6) is -2.71. The summed E-state index contributed by atoms with van der Waals surface area (Å²) in [7, 11) is -4.16. The lowest BCUT2D eigenvalue weighted by Gasteiger charge is -2.25. The van der Waals surface area contributed by atoms with E-state index >= 15 is 0 Å². The molecule has 0 aliphatic heterocycles. The van der Waals surface area contributed by atoms with E-state index in [1.807, 2.05) is 49.4 Å². The fourth-order valence-electron chi connectivity index (χ4n) is 4.35. The Morgan fingerprint density at radius 3 is 2.17 bits per heavy atom. The molecule has 1 aromatic heterocycles. The van der Waals surface area contributed by atoms with Crippen LogP contribution in [0.4, 0.5) is 5.69 Å². The van der Waals surface area contributed by atoms with Gasteiger partial charge in [-0.2, -0.15) is 5.10 Å². The van der Waals surface area contributed by atoms with Crippen molar-refractivity contribution in [2.75, 3.05) is 11.4 Å². The van der Waals surface area contributed by atoms with E-state index in [0.717, 1.165) is 11.0 Å². The number of sulfonamides is 1. The van der Waals surface area contributed by atoms with E-state index in [0.29, 0.717) is 23.4 Å². The van der Waals surface area contributed by atoms with Crippen LogP contribution in [0.5, 0.6) is 0 Å². The molecule has 0 saturated carbocycles. The smallest absolute Gasteiger partial charge is 0.257 e. The van der Waals surface area contributed by atoms with Gasteiger partial charge in [0.25, 0.3) is 10.0 Å². The van der Waals surface area contributed by atoms with Crippen LogP contribution in [0.2, 0.25) is 0 Å². The second-order valence-corrected chi connectivity index (χ2v) is 10.9. The van der Waals surface area contributed by atoms with Crippen LogP contribution >= 0.6 is 0 Å². The summed E-state index contributed by atoms with van der Waals surface area (Å²) in [4.78, 5) is 28.7. The van der Waals surface area contributed by atoms with Gasteiger partial charge in [0.1, 0.15) is 5.92 Å². The Morgan fingerprint density at radius 2 is 1.55 bits per heavy atom. The highest BCUT2D eigenvalue weighted by molar-refractivity contribution is 7.93. The molecule has 40 heavy (non-hydrogen) atoms. The zero-order valence-electron chi connectivity index (χ0n) is 22.4. The van der Waals surface area contributed by atoms with Gasteiger partial charge in [-0.05, 0) is 55.2 Å². The number of amides is 2. The van der Waals surface area contributed by atoms with Crippen molar-refractivity contribution in [2.45, 2.75) is 26.3 Å². The highest BCUT2D eigenvalue weighted by atomic mass is 32.2. The second kappa shape index (κ2) is 13.0. The van der Waals surface area contributed by atoms with Crippen LogP contribution in [-0.2, 0) is 26.0 Å². The average molecular weight is 557 g/mol. The predicted octanol–water partition coefficient (Wildman–Crippen LogP) is 4.82. The van der Waals surface area contributed by atoms with Crippen molar-refractivity contribution in [2.24, 2.45) is 5.92 Å². The van der Waals surface area contributed by atoms with E-state index in [1.54, 1.807) is 72.5 Å². The Hall–Kier alpha value is -4.50. The third-order valence-electron chi connectivity index (χ3n) is 6.52. The molecule has 0 spiro atoms. The number of carbonyl (C=O) groups is 2. The van der Waals surface area contributed by atoms with E-state index < -0.39 is 27.8 Å². The van der Waals surface area contributed by atoms with Gasteiger partial charge in [0.05, 0.1) is 17.6 Å². The van der Waals surface area contributed by atoms with Crippen molar-refractivity contribution in [3.8, 4) is 0 Å². The van der Waals surface area contributed by atoms with E-state index in [2.05, 4.69) is 9.82 Å². The zero-order chi connectivity index (χ0) is 28.5. The Labute approximate surface area is 235 Å². The Morgan fingerprint density at radius 1 is 0.950 bits per heavy atom. The number of hydrogen-bond donors (Lipinski definition) is 1. The Bertz CT molecular complexity index is 1550. The largest absolute Gasteiger partial charge is 0.312 e. The van der Waals surface area contributed by atoms with Gasteiger partial charge < -0.3 is 4.90 Å². The quantitative estimate of drug-likeness (QED) is 0.267. The number of nitrogens with one attached hydrogen (secondary N) is 1. The molecule has 1 heterocycles. The van der Waals surface area contributed by atoms with Crippen LogP contribution in [0.25, 0.3) is 6.08 Å². The molecule has 206 valence electrons. The summed E-state index contributed by atoms with van der Waals surface area (Å²) in [6.07, 6.45) is 4.76. The minimum absolute atomic E-state index is 0.0204. The van der Waals surface area contributed by atoms with Crippen LogP contribution in [0.1, 0.15) is 36.6 Å². The van der Waals surface area contributed by atoms with Crippen molar-refractivity contribution in [1.29, 1.82) is 0 Å². The van der Waals surface area contributed by atoms with E-state index in [9.17, 15) is 18.0 Å². The monoisotopic (exact) mass is 556 g/mol. The first-order valence-corrected chi connectivity index (χ1v) is 14.6. The van der Waals surface area contributed by atoms with Gasteiger partial charge in [-0.1, -0.05) is 78.9 Å². The maximum absolute atomic E-state index is 13.8. The molecule has 1 N–H and O–H groups in total. The summed E-state index contributed by atoms with van der Waals surface area (Å²) < 4.78 is 29.4. The molecule has 0 aliphatic carbocycles. The van der Waals surface area contributed by atoms with E-state index in [-0.39, 0.29) is 12.5 Å². The molecule has 2 atom stereocenters. The summed E-state index contributed by atoms with van der Waals surface area (Å²) in [6, 6.07) is 27.6. The lowest BCUT2D eigenvalue weighted by Crippen LogP contribution is -2.46. The first-order chi connectivity index (χ1) is 19.3. The number of nitrogens with zero attached hydrogens (tertiary/aromatic N) is 3. The van der Waals surface area contributed by atoms with E-state index in [4.69, 9.17) is 0 Å². The van der Waals surface area contributed by atoms with Crippen LogP contribution in [0.15, 0.2) is 109 Å². The molecule has 4 rings (SSSR count). The minimum atomic E-state index is -4.16. The molecule has 0 bridgehead atoms. The molecule has 2 amide bonds. The molecule has 0 radical (unpaired) electrons. The third-order valence-corrected chi connectivity index (χ3v) is 7.50. The van der Waals surface area contributed by atoms with Crippen LogP contribution < -0.4 is 9.62 Å². The topological polar surface area (TPSA) is 101 Å². The Kier molecular flexibility index (Phi) is 9.29. The fraction of sp³-hybridized carbons (Fsp3) is 0.194. The second-order valence-electron chi connectivity index (χ2n) is 9.31. The number of carbonyl (C=O) groups excluding carboxylic acids is 2. The summed E-state index contributed by atoms with van der Waals surface area (Å²) in [5, 5.41) is 5.38. The van der Waals surface area contributed by atoms with Crippen molar-refractivity contribution in [3.05, 3.63) is 125 Å². The predicted molar refractivity (Wildman–Crippen MR) is 157 cm³/mol. The normalized spacial score (nSPS) is 13.1. The number of rotatable bonds is 11. The van der Waals surface area contributed by atoms with Crippen LogP contribution in [-0.4, -0.2) is 36.6 Å². The molecular weight excluding hydrogens is 524 g/mol. The molecule has 9 heteroatoms. The number of hydrogen-bond acceptors (Lipinski definition) is 5. The molecule has 0 fully saturated rings. The van der Waals surface area contributed by atoms with Crippen molar-refractivity contribution in [3.63, 3.8) is 0 Å². The summed E-state index contributed by atoms with van der Waals surface area (Å²) in [6.45, 7) is 4.11. The molecule has 2 unspecified atom stereocenters. The van der Waals surface area contributed by atoms with Crippen molar-refractivity contribution in [1.82, 2.24) is 14.5 Å². The number of aromatic nitrogens is 2. The summed E-state index contributed by atoms with van der Waals surface area (Å²) in [5.41, 5.74) is 2.97. The van der Waals surface area contributed by atoms with Crippen molar-refractivity contribution < 1.29 is 18.0 Å². The average Bonchev–Trinajstić information content (AvgIpc) is 3.45. The molecule has 0 aliphatic rings. The van der Waals surface area contributed by atoms with E-state index in [1.165, 1.54) is 11.0 Å². The molecule has 4 aromatic rings. The van der Waals surface area contributed by atoms with Crippen LogP contribution in [0.3, 0.4) is 0 Å². The maximum Gasteiger partial charge on any atom is 0.257 e. The SMILES string of the molecule is CCN(C(=O)C(Cc1cnn(C(C)c2ccccc2)c1)C(=O)NS(=O)(=O)/C=C/c1ccccc1)c1ccccc1. The number of anilines is 1. The molecule has 0 saturated heterocycles. The van der Waals surface area contributed by atoms with Gasteiger partial charge in [0.2, 0.25) is 11.8 Å². The highest BCUT2D eigenvalue weighted by Gasteiger charge is 2.33. The molecular formula is C31H32N4O4S. The van der Waals surface area contributed by atoms with Gasteiger partial charge in [0.15, 0.2) is 0 Å². The van der Waals surface area contributed by atoms with Gasteiger partial charge in [-0.3, -0.25) is 14.3 Å². The standard InChI is InChI=1S/C31H32N4O4S/c1-3-34(28-17-11-6-12-18-28)31(37)29(30(36)33-40(38,39)20-19-25-13-7-4-8-14-25)21-26-22-32-35(23-26)24(2)27-15-9-5-10-16-27/h4-20,22-24,29H,3,21H2,1-2H3,(H,33,36)/b20-19+. The van der Waals surface area contributed by atoms with Crippen molar-refractivity contribution >= 4 is 33.6 Å². The first-order valence-electron chi connectivity index (χ1n) is 13.0. The van der Waals surface area contributed by atoms with Gasteiger partial charge in [-0.25, -0.2) is 13.1 Å². The zero-order valence-corrected chi connectivity index (χ0v) is 23.2. The van der Waals surface area contributed by atoms with Gasteiger partial charge in [-0.15, -0.1) is 0 Å². The summed E-state index contributed by atoms with van der Waals surface area (Å²) >= 11 is 0. The van der Waals surface area contributed by atoms with Gasteiger partial charge >= 0.3 is 0 Å². The minimum Gasteiger partial charge on any atom is -0.312 e. The van der Waals surface area contributed by atoms with Crippen LogP contribution in [0, 0.1) is 5.92 Å². The number of para-hydroxylation sites is 1. The fourth-order valence-corrected chi connectivity index (χ4v) is 5.17. The molecule has 3 aromatic carbocycles. The lowest BCUT2D eigenvalue weighted by atomic mass is 9.98. The lowest BCUT2D eigenvalue weighted by molar-refractivity contribution is -0.132. The Balaban J connectivity index is 1.60. The first kappa shape index (κ1) is 28.5.